The second kappa shape index (κ2) is 6.02. The Morgan fingerprint density at radius 2 is 1.60 bits per heavy atom. The molecule has 2 aromatic carbocycles. The van der Waals surface area contributed by atoms with Crippen LogP contribution in [0.3, 0.4) is 0 Å². The van der Waals surface area contributed by atoms with Crippen LogP contribution < -0.4 is 9.47 Å². The predicted molar refractivity (Wildman–Crippen MR) is 78.2 cm³/mol. The average molecular weight is 272 g/mol. The van der Waals surface area contributed by atoms with Crippen LogP contribution in [0.1, 0.15) is 11.1 Å². The Kier molecular flexibility index (Phi) is 4.15. The Bertz CT molecular complexity index is 632. The number of phenolic OH excluding ortho intramolecular Hbond substituents is 2. The Hall–Kier alpha value is -2.62. The molecule has 0 spiro atoms. The van der Waals surface area contributed by atoms with Gasteiger partial charge in [0.05, 0.1) is 14.2 Å². The van der Waals surface area contributed by atoms with Gasteiger partial charge < -0.3 is 19.7 Å². The molecule has 0 aliphatic rings. The summed E-state index contributed by atoms with van der Waals surface area (Å²) in [5.41, 5.74) is 1.44. The van der Waals surface area contributed by atoms with Crippen molar-refractivity contribution in [3.05, 3.63) is 47.5 Å². The summed E-state index contributed by atoms with van der Waals surface area (Å²) in [6.07, 6.45) is 3.53. The molecule has 4 heteroatoms. The zero-order valence-corrected chi connectivity index (χ0v) is 11.3. The van der Waals surface area contributed by atoms with E-state index < -0.39 is 0 Å². The van der Waals surface area contributed by atoms with Gasteiger partial charge in [0, 0.05) is 5.56 Å². The van der Waals surface area contributed by atoms with Gasteiger partial charge in [0.2, 0.25) is 0 Å². The summed E-state index contributed by atoms with van der Waals surface area (Å²) < 4.78 is 10.4. The van der Waals surface area contributed by atoms with Crippen LogP contribution >= 0.6 is 0 Å². The molecule has 0 amide bonds. The quantitative estimate of drug-likeness (QED) is 0.662. The number of rotatable bonds is 4. The van der Waals surface area contributed by atoms with E-state index in [9.17, 15) is 10.2 Å². The van der Waals surface area contributed by atoms with Crippen molar-refractivity contribution in [3.8, 4) is 23.0 Å². The van der Waals surface area contributed by atoms with Gasteiger partial charge in [-0.25, -0.2) is 0 Å². The SMILES string of the molecule is COc1ccc(C=Cc2cc(O)ccc2O)cc1OC. The van der Waals surface area contributed by atoms with Gasteiger partial charge in [-0.05, 0) is 35.9 Å². The number of ether oxygens (including phenoxy) is 2. The van der Waals surface area contributed by atoms with Crippen molar-refractivity contribution < 1.29 is 19.7 Å². The standard InChI is InChI=1S/C16H16O4/c1-19-15-8-4-11(9-16(15)20-2)3-5-12-10-13(17)6-7-14(12)18/h3-10,17-18H,1-2H3. The van der Waals surface area contributed by atoms with Crippen LogP contribution in [0.5, 0.6) is 23.0 Å². The predicted octanol–water partition coefficient (Wildman–Crippen LogP) is 3.29. The van der Waals surface area contributed by atoms with E-state index in [4.69, 9.17) is 9.47 Å². The van der Waals surface area contributed by atoms with Gasteiger partial charge in [0.1, 0.15) is 11.5 Å². The van der Waals surface area contributed by atoms with Crippen LogP contribution in [0.2, 0.25) is 0 Å². The number of phenols is 2. The van der Waals surface area contributed by atoms with Crippen molar-refractivity contribution in [3.63, 3.8) is 0 Å². The summed E-state index contributed by atoms with van der Waals surface area (Å²) >= 11 is 0. The highest BCUT2D eigenvalue weighted by molar-refractivity contribution is 5.74. The highest BCUT2D eigenvalue weighted by Crippen LogP contribution is 2.29. The second-order valence-electron chi connectivity index (χ2n) is 4.19. The molecule has 0 heterocycles. The van der Waals surface area contributed by atoms with E-state index in [0.717, 1.165) is 5.56 Å². The molecule has 0 radical (unpaired) electrons. The van der Waals surface area contributed by atoms with Gasteiger partial charge in [0.25, 0.3) is 0 Å². The van der Waals surface area contributed by atoms with Crippen LogP contribution in [-0.2, 0) is 0 Å². The molecule has 0 saturated carbocycles. The van der Waals surface area contributed by atoms with Crippen molar-refractivity contribution in [1.29, 1.82) is 0 Å². The lowest BCUT2D eigenvalue weighted by molar-refractivity contribution is 0.355. The van der Waals surface area contributed by atoms with Crippen LogP contribution in [0.15, 0.2) is 36.4 Å². The largest absolute Gasteiger partial charge is 0.508 e. The maximum absolute atomic E-state index is 9.69. The molecule has 0 bridgehead atoms. The van der Waals surface area contributed by atoms with Crippen molar-refractivity contribution in [2.45, 2.75) is 0 Å². The average Bonchev–Trinajstić information content (AvgIpc) is 2.47. The first-order valence-electron chi connectivity index (χ1n) is 6.06. The Morgan fingerprint density at radius 3 is 2.30 bits per heavy atom. The first kappa shape index (κ1) is 13.8. The van der Waals surface area contributed by atoms with Gasteiger partial charge in [-0.15, -0.1) is 0 Å². The molecule has 0 unspecified atom stereocenters. The molecule has 0 atom stereocenters. The molecule has 20 heavy (non-hydrogen) atoms. The minimum atomic E-state index is 0.106. The summed E-state index contributed by atoms with van der Waals surface area (Å²) in [6.45, 7) is 0. The molecule has 0 aliphatic heterocycles. The van der Waals surface area contributed by atoms with E-state index in [2.05, 4.69) is 0 Å². The molecule has 2 aromatic rings. The third kappa shape index (κ3) is 3.03. The second-order valence-corrected chi connectivity index (χ2v) is 4.19. The lowest BCUT2D eigenvalue weighted by Gasteiger charge is -2.07. The molecular weight excluding hydrogens is 256 g/mol. The maximum atomic E-state index is 9.69. The van der Waals surface area contributed by atoms with Crippen LogP contribution in [0.4, 0.5) is 0 Å². The Balaban J connectivity index is 2.29. The Morgan fingerprint density at radius 1 is 0.850 bits per heavy atom. The minimum Gasteiger partial charge on any atom is -0.508 e. The molecule has 4 nitrogen and oxygen atoms in total. The van der Waals surface area contributed by atoms with Gasteiger partial charge in [0.15, 0.2) is 11.5 Å². The number of aromatic hydroxyl groups is 2. The molecule has 0 aliphatic carbocycles. The molecule has 0 aromatic heterocycles. The summed E-state index contributed by atoms with van der Waals surface area (Å²) in [5.74, 6) is 1.51. The van der Waals surface area contributed by atoms with E-state index in [1.54, 1.807) is 26.4 Å². The fourth-order valence-electron chi connectivity index (χ4n) is 1.82. The van der Waals surface area contributed by atoms with E-state index in [1.165, 1.54) is 18.2 Å². The molecule has 104 valence electrons. The third-order valence-electron chi connectivity index (χ3n) is 2.87. The van der Waals surface area contributed by atoms with E-state index >= 15 is 0 Å². The number of benzene rings is 2. The number of methoxy groups -OCH3 is 2. The first-order chi connectivity index (χ1) is 9.63. The molecule has 2 rings (SSSR count). The van der Waals surface area contributed by atoms with Crippen LogP contribution in [0.25, 0.3) is 12.2 Å². The highest BCUT2D eigenvalue weighted by atomic mass is 16.5. The lowest BCUT2D eigenvalue weighted by atomic mass is 10.1. The normalized spacial score (nSPS) is 10.7. The van der Waals surface area contributed by atoms with E-state index in [1.807, 2.05) is 18.2 Å². The van der Waals surface area contributed by atoms with Crippen molar-refractivity contribution in [2.24, 2.45) is 0 Å². The van der Waals surface area contributed by atoms with Crippen molar-refractivity contribution >= 4 is 12.2 Å². The molecule has 0 saturated heterocycles. The van der Waals surface area contributed by atoms with Gasteiger partial charge >= 0.3 is 0 Å². The zero-order valence-electron chi connectivity index (χ0n) is 11.3. The van der Waals surface area contributed by atoms with Gasteiger partial charge in [-0.1, -0.05) is 18.2 Å². The van der Waals surface area contributed by atoms with Gasteiger partial charge in [-0.3, -0.25) is 0 Å². The number of hydrogen-bond donors (Lipinski definition) is 2. The summed E-state index contributed by atoms with van der Waals surface area (Å²) in [6, 6.07) is 9.88. The lowest BCUT2D eigenvalue weighted by Crippen LogP contribution is -1.90. The van der Waals surface area contributed by atoms with Gasteiger partial charge in [-0.2, -0.15) is 0 Å². The summed E-state index contributed by atoms with van der Waals surface area (Å²) in [4.78, 5) is 0. The monoisotopic (exact) mass is 272 g/mol. The van der Waals surface area contributed by atoms with Crippen molar-refractivity contribution in [1.82, 2.24) is 0 Å². The zero-order chi connectivity index (χ0) is 14.5. The fraction of sp³-hybridized carbons (Fsp3) is 0.125. The Labute approximate surface area is 117 Å². The smallest absolute Gasteiger partial charge is 0.161 e. The third-order valence-corrected chi connectivity index (χ3v) is 2.87. The van der Waals surface area contributed by atoms with Crippen LogP contribution in [-0.4, -0.2) is 24.4 Å². The first-order valence-corrected chi connectivity index (χ1v) is 6.06. The maximum Gasteiger partial charge on any atom is 0.161 e. The number of hydrogen-bond acceptors (Lipinski definition) is 4. The molecular formula is C16H16O4. The topological polar surface area (TPSA) is 58.9 Å². The molecule has 2 N–H and O–H groups in total. The summed E-state index contributed by atoms with van der Waals surface area (Å²) in [5, 5.41) is 19.1. The molecule has 0 fully saturated rings. The summed E-state index contributed by atoms with van der Waals surface area (Å²) in [7, 11) is 3.16. The fourth-order valence-corrected chi connectivity index (χ4v) is 1.82. The minimum absolute atomic E-state index is 0.106. The van der Waals surface area contributed by atoms with Crippen LogP contribution in [0, 0.1) is 0 Å². The highest BCUT2D eigenvalue weighted by Gasteiger charge is 2.03. The van der Waals surface area contributed by atoms with E-state index in [-0.39, 0.29) is 11.5 Å². The van der Waals surface area contributed by atoms with Crippen molar-refractivity contribution in [2.75, 3.05) is 14.2 Å². The van der Waals surface area contributed by atoms with E-state index in [0.29, 0.717) is 17.1 Å².